The lowest BCUT2D eigenvalue weighted by molar-refractivity contribution is 0.00849. The van der Waals surface area contributed by atoms with Crippen LogP contribution in [0.2, 0.25) is 0 Å². The summed E-state index contributed by atoms with van der Waals surface area (Å²) in [6, 6.07) is 20.6. The van der Waals surface area contributed by atoms with Gasteiger partial charge < -0.3 is 71.3 Å². The van der Waals surface area contributed by atoms with E-state index in [9.17, 15) is 5.11 Å². The number of nitrogens with zero attached hydrogens (tertiary/aromatic N) is 22. The van der Waals surface area contributed by atoms with Gasteiger partial charge in [-0.25, -0.2) is 39.9 Å². The van der Waals surface area contributed by atoms with Gasteiger partial charge in [0.2, 0.25) is 0 Å². The molecule has 32 heteroatoms. The Labute approximate surface area is 723 Å². The SMILES string of the molecule is CCN1CC(n2cc(Oc3nc(-c4cc(C)c5c(c4)CN(C)CC5)cnc3N)cn2)C1.Cc1cc(-c2cnc(N)c(Oc3cnn(C4CCC(C)(O)CC4)c3)n2)cc2c1CCN(C)C2.Cc1cc(-c2cnc(N)c(Oc3cnn(C4CCOCC4)c3)n2)cc2c1CCN(C)C2.Cc1cc(-c2cnc(N)c(Oc3cnn(CCC#N)c3)n2)cc2c1CN(C)CC2. The van der Waals surface area contributed by atoms with Crippen molar-refractivity contribution >= 4 is 23.3 Å². The summed E-state index contributed by atoms with van der Waals surface area (Å²) >= 11 is 0. The normalized spacial score (nSPS) is 18.1. The van der Waals surface area contributed by atoms with E-state index in [0.29, 0.717) is 59.8 Å². The molecule has 0 bridgehead atoms. The van der Waals surface area contributed by atoms with Gasteiger partial charge in [-0.15, -0.1) is 0 Å². The van der Waals surface area contributed by atoms with E-state index in [2.05, 4.69) is 192 Å². The molecule has 7 aliphatic rings. The fourth-order valence-electron chi connectivity index (χ4n) is 17.4. The third-order valence-electron chi connectivity index (χ3n) is 24.6. The molecule has 1 aliphatic carbocycles. The van der Waals surface area contributed by atoms with Crippen LogP contribution in [0.4, 0.5) is 23.3 Å². The van der Waals surface area contributed by atoms with Crippen molar-refractivity contribution in [2.75, 3.05) is 110 Å². The Morgan fingerprint density at radius 1 is 0.444 bits per heavy atom. The minimum absolute atomic E-state index is 0.217. The Morgan fingerprint density at radius 3 is 1.19 bits per heavy atom. The molecular weight excluding hydrogens is 1570 g/mol. The summed E-state index contributed by atoms with van der Waals surface area (Å²) in [6.07, 6.45) is 30.7. The fraction of sp³-hybridized carbons (Fsp3) is 0.424. The molecule has 0 radical (unpaired) electrons. The summed E-state index contributed by atoms with van der Waals surface area (Å²) < 4.78 is 36.7. The minimum atomic E-state index is -0.572. The lowest BCUT2D eigenvalue weighted by Gasteiger charge is -2.38. The molecule has 6 aliphatic heterocycles. The third-order valence-corrected chi connectivity index (χ3v) is 24.6. The second kappa shape index (κ2) is 37.4. The molecule has 14 heterocycles. The predicted octanol–water partition coefficient (Wildman–Crippen LogP) is 13.1. The number of anilines is 4. The van der Waals surface area contributed by atoms with E-state index in [1.165, 1.54) is 66.8 Å². The van der Waals surface area contributed by atoms with Gasteiger partial charge in [-0.3, -0.25) is 23.6 Å². The predicted molar refractivity (Wildman–Crippen MR) is 474 cm³/mol. The molecule has 646 valence electrons. The van der Waals surface area contributed by atoms with Crippen LogP contribution in [-0.2, 0) is 63.1 Å². The number of rotatable bonds is 18. The second-order valence-corrected chi connectivity index (χ2v) is 34.3. The molecule has 1 saturated carbocycles. The third kappa shape index (κ3) is 20.1. The Kier molecular flexibility index (Phi) is 25.7. The van der Waals surface area contributed by atoms with Gasteiger partial charge in [0.25, 0.3) is 23.5 Å². The molecule has 4 aromatic carbocycles. The van der Waals surface area contributed by atoms with Crippen molar-refractivity contribution < 1.29 is 28.8 Å². The minimum Gasteiger partial charge on any atom is -0.433 e. The number of aliphatic hydroxyl groups is 1. The molecule has 9 N–H and O–H groups in total. The van der Waals surface area contributed by atoms with Crippen LogP contribution in [-0.4, -0.2) is 201 Å². The van der Waals surface area contributed by atoms with Gasteiger partial charge in [0.15, 0.2) is 46.3 Å². The molecule has 0 amide bonds. The fourth-order valence-corrected chi connectivity index (χ4v) is 17.4. The number of likely N-dealkylation sites (tertiary alicyclic amines) is 1. The largest absolute Gasteiger partial charge is 0.433 e. The number of hydrogen-bond donors (Lipinski definition) is 5. The van der Waals surface area contributed by atoms with Gasteiger partial charge >= 0.3 is 0 Å². The second-order valence-electron chi connectivity index (χ2n) is 34.3. The number of likely N-dealkylation sites (N-methyl/N-ethyl adjacent to an activating group) is 5. The van der Waals surface area contributed by atoms with Crippen molar-refractivity contribution in [3.05, 3.63) is 190 Å². The number of aromatic nitrogens is 16. The van der Waals surface area contributed by atoms with Crippen LogP contribution in [0.1, 0.15) is 144 Å². The van der Waals surface area contributed by atoms with Gasteiger partial charge in [-0.1, -0.05) is 6.92 Å². The van der Waals surface area contributed by atoms with Crippen LogP contribution < -0.4 is 41.9 Å². The van der Waals surface area contributed by atoms with Crippen molar-refractivity contribution in [3.63, 3.8) is 0 Å². The molecule has 0 atom stereocenters. The Balaban J connectivity index is 0.000000122. The van der Waals surface area contributed by atoms with Crippen molar-refractivity contribution in [1.82, 2.24) is 103 Å². The maximum Gasteiger partial charge on any atom is 0.263 e. The maximum absolute atomic E-state index is 10.2. The molecule has 3 fully saturated rings. The van der Waals surface area contributed by atoms with E-state index < -0.39 is 5.60 Å². The van der Waals surface area contributed by atoms with E-state index in [1.54, 1.807) is 60.5 Å². The smallest absolute Gasteiger partial charge is 0.263 e. The summed E-state index contributed by atoms with van der Waals surface area (Å²) in [5, 5.41) is 36.4. The summed E-state index contributed by atoms with van der Waals surface area (Å²) in [6.45, 7) is 26.0. The Morgan fingerprint density at radius 2 is 0.790 bits per heavy atom. The zero-order valence-electron chi connectivity index (χ0n) is 72.6. The van der Waals surface area contributed by atoms with Crippen LogP contribution in [0, 0.1) is 39.0 Å². The standard InChI is InChI=1S/C25H32N6O2.C23H29N7O.C23H28N6O2.C21H23N7O/c1-16-10-17(11-18-14-30(3)9-6-21(16)18)22-13-27-23(26)24(29-22)33-20-12-28-31(15-20)19-4-7-25(2,32)8-5-19;1-4-29-12-18(13-29)30-14-19(9-26-30)31-23-22(24)25-10-21(27-23)16-7-15(2)20-5-6-28(3)11-17(20)8-16;1-15-9-16(10-17-13-28(2)6-3-20(15)17)21-12-25-22(24)23(27-21)31-19-11-26-29(14-19)18-4-7-30-8-5-18;1-14-8-16(9-15-4-7-27(2)13-18(14)15)19-11-24-20(23)21(26-19)29-17-10-25-28(12-17)6-3-5-22/h10-13,15,19,32H,4-9,14H2,1-3H3,(H2,26,27);7-10,14,18H,4-6,11-13H2,1-3H3,(H2,24,25);9-12,14,18H,3-8,13H2,1-2H3,(H2,24,25);8-12H,3-4,6-7,13H2,1-2H3,(H2,23,24). The quantitative estimate of drug-likeness (QED) is 0.0532. The molecule has 12 aromatic rings. The first kappa shape index (κ1) is 85.2. The highest BCUT2D eigenvalue weighted by Gasteiger charge is 2.32. The van der Waals surface area contributed by atoms with Crippen molar-refractivity contribution in [2.45, 2.75) is 169 Å². The van der Waals surface area contributed by atoms with Crippen molar-refractivity contribution in [2.24, 2.45) is 0 Å². The van der Waals surface area contributed by atoms with Crippen LogP contribution in [0.25, 0.3) is 45.0 Å². The summed E-state index contributed by atoms with van der Waals surface area (Å²) in [4.78, 5) is 47.7. The van der Waals surface area contributed by atoms with E-state index in [1.807, 2.05) is 39.6 Å². The lowest BCUT2D eigenvalue weighted by atomic mass is 9.84. The van der Waals surface area contributed by atoms with Gasteiger partial charge in [0.1, 0.15) is 0 Å². The van der Waals surface area contributed by atoms with Gasteiger partial charge in [-0.05, 0) is 249 Å². The van der Waals surface area contributed by atoms with Crippen LogP contribution >= 0.6 is 0 Å². The molecule has 32 nitrogen and oxygen atoms in total. The monoisotopic (exact) mass is 1680 g/mol. The molecule has 0 unspecified atom stereocenters. The lowest BCUT2D eigenvalue weighted by Crippen LogP contribution is -2.47. The first-order chi connectivity index (χ1) is 59.9. The number of fused-ring (bicyclic) bond motifs is 4. The number of ether oxygens (including phenoxy) is 5. The van der Waals surface area contributed by atoms with Gasteiger partial charge in [-0.2, -0.15) is 25.7 Å². The average molecular weight is 1680 g/mol. The number of nitriles is 1. The topological polar surface area (TPSA) is 385 Å². The molecule has 19 rings (SSSR count). The average Bonchev–Trinajstić information content (AvgIpc) is 1.74. The van der Waals surface area contributed by atoms with E-state index in [0.717, 1.165) is 194 Å². The maximum atomic E-state index is 10.2. The van der Waals surface area contributed by atoms with E-state index in [4.69, 9.17) is 61.8 Å². The van der Waals surface area contributed by atoms with Crippen molar-refractivity contribution in [3.8, 4) is 97.6 Å². The zero-order valence-corrected chi connectivity index (χ0v) is 72.6. The Bertz CT molecular complexity index is 5850. The Hall–Kier alpha value is -12.4. The first-order valence-corrected chi connectivity index (χ1v) is 42.9. The van der Waals surface area contributed by atoms with Crippen LogP contribution in [0.15, 0.2) is 123 Å². The van der Waals surface area contributed by atoms with Crippen LogP contribution in [0.3, 0.4) is 0 Å². The number of nitrogens with two attached hydrogens (primary N) is 4. The highest BCUT2D eigenvalue weighted by molar-refractivity contribution is 5.69. The highest BCUT2D eigenvalue weighted by atomic mass is 16.5. The van der Waals surface area contributed by atoms with Crippen molar-refractivity contribution in [1.29, 1.82) is 5.26 Å². The molecular formula is C92H112N26O6. The van der Waals surface area contributed by atoms with Gasteiger partial charge in [0, 0.05) is 101 Å². The number of aryl methyl sites for hydroxylation is 5. The first-order valence-electron chi connectivity index (χ1n) is 42.9. The van der Waals surface area contributed by atoms with Gasteiger partial charge in [0.05, 0.1) is 140 Å². The summed E-state index contributed by atoms with van der Waals surface area (Å²) in [7, 11) is 8.60. The number of benzene rings is 4. The number of hydrogen-bond acceptors (Lipinski definition) is 28. The molecule has 8 aromatic heterocycles. The molecule has 0 spiro atoms. The molecule has 124 heavy (non-hydrogen) atoms. The zero-order chi connectivity index (χ0) is 86.5. The molecule has 2 saturated heterocycles. The van der Waals surface area contributed by atoms with E-state index in [-0.39, 0.29) is 41.1 Å². The van der Waals surface area contributed by atoms with Crippen LogP contribution in [0.5, 0.6) is 46.5 Å². The summed E-state index contributed by atoms with van der Waals surface area (Å²) in [5.41, 5.74) is 47.0. The highest BCUT2D eigenvalue weighted by Crippen LogP contribution is 2.40. The van der Waals surface area contributed by atoms with E-state index >= 15 is 0 Å². The summed E-state index contributed by atoms with van der Waals surface area (Å²) in [5.74, 6) is 4.45. The number of nitrogen functional groups attached to an aromatic ring is 4.